The molecular formula is C10H18N2O2. The van der Waals surface area contributed by atoms with E-state index in [0.717, 1.165) is 19.0 Å². The van der Waals surface area contributed by atoms with Crippen molar-refractivity contribution < 1.29 is 9.90 Å². The van der Waals surface area contributed by atoms with E-state index >= 15 is 0 Å². The van der Waals surface area contributed by atoms with Gasteiger partial charge in [-0.25, -0.2) is 4.79 Å². The highest BCUT2D eigenvalue weighted by Crippen LogP contribution is 2.30. The van der Waals surface area contributed by atoms with Gasteiger partial charge in [-0.05, 0) is 25.7 Å². The molecule has 0 unspecified atom stereocenters. The van der Waals surface area contributed by atoms with Gasteiger partial charge in [0.1, 0.15) is 0 Å². The number of amides is 1. The summed E-state index contributed by atoms with van der Waals surface area (Å²) in [5, 5.41) is 8.90. The van der Waals surface area contributed by atoms with Gasteiger partial charge in [-0.15, -0.1) is 0 Å². The fourth-order valence-electron chi connectivity index (χ4n) is 2.15. The molecule has 1 heterocycles. The summed E-state index contributed by atoms with van der Waals surface area (Å²) in [6.45, 7) is 5.66. The molecule has 1 atom stereocenters. The maximum atomic E-state index is 10.8. The van der Waals surface area contributed by atoms with E-state index in [2.05, 4.69) is 4.90 Å². The lowest BCUT2D eigenvalue weighted by molar-refractivity contribution is 0.0723. The predicted molar refractivity (Wildman–Crippen MR) is 53.4 cm³/mol. The molecule has 1 amide bonds. The third-order valence-electron chi connectivity index (χ3n) is 3.17. The number of hydrogen-bond acceptors (Lipinski definition) is 2. The largest absolute Gasteiger partial charge is 0.465 e. The highest BCUT2D eigenvalue weighted by Gasteiger charge is 2.30. The lowest BCUT2D eigenvalue weighted by atomic mass is 10.2. The van der Waals surface area contributed by atoms with E-state index in [0.29, 0.717) is 6.54 Å². The van der Waals surface area contributed by atoms with Gasteiger partial charge < -0.3 is 10.0 Å². The predicted octanol–water partition coefficient (Wildman–Crippen LogP) is 1.08. The Morgan fingerprint density at radius 3 is 2.64 bits per heavy atom. The van der Waals surface area contributed by atoms with Crippen LogP contribution in [0.4, 0.5) is 4.79 Å². The molecule has 1 N–H and O–H groups in total. The Kier molecular flexibility index (Phi) is 2.63. The molecule has 0 bridgehead atoms. The average molecular weight is 198 g/mol. The molecule has 2 fully saturated rings. The molecule has 1 aliphatic heterocycles. The summed E-state index contributed by atoms with van der Waals surface area (Å²) in [7, 11) is 0. The molecule has 0 aromatic rings. The van der Waals surface area contributed by atoms with Gasteiger partial charge in [0.25, 0.3) is 0 Å². The molecule has 4 nitrogen and oxygen atoms in total. The molecule has 0 aromatic carbocycles. The van der Waals surface area contributed by atoms with Crippen LogP contribution >= 0.6 is 0 Å². The van der Waals surface area contributed by atoms with Crippen LogP contribution in [0, 0.1) is 5.92 Å². The number of carbonyl (C=O) groups is 1. The lowest BCUT2D eigenvalue weighted by Crippen LogP contribution is -2.53. The fraction of sp³-hybridized carbons (Fsp3) is 0.900. The highest BCUT2D eigenvalue weighted by atomic mass is 16.4. The van der Waals surface area contributed by atoms with Gasteiger partial charge in [0.2, 0.25) is 0 Å². The van der Waals surface area contributed by atoms with Crippen molar-refractivity contribution in [3.05, 3.63) is 0 Å². The van der Waals surface area contributed by atoms with E-state index < -0.39 is 6.09 Å². The summed E-state index contributed by atoms with van der Waals surface area (Å²) in [4.78, 5) is 14.8. The first-order chi connectivity index (χ1) is 6.66. The summed E-state index contributed by atoms with van der Waals surface area (Å²) in [6, 6.07) is 0.153. The quantitative estimate of drug-likeness (QED) is 0.722. The first-order valence-corrected chi connectivity index (χ1v) is 5.38. The second kappa shape index (κ2) is 3.77. The Hall–Kier alpha value is -0.770. The minimum absolute atomic E-state index is 0.153. The van der Waals surface area contributed by atoms with E-state index in [1.54, 1.807) is 4.90 Å². The zero-order valence-corrected chi connectivity index (χ0v) is 8.65. The Balaban J connectivity index is 1.82. The summed E-state index contributed by atoms with van der Waals surface area (Å²) < 4.78 is 0. The molecule has 1 saturated carbocycles. The normalized spacial score (nSPS) is 29.2. The van der Waals surface area contributed by atoms with E-state index in [1.807, 2.05) is 6.92 Å². The van der Waals surface area contributed by atoms with Gasteiger partial charge in [0.05, 0.1) is 0 Å². The molecule has 1 aliphatic carbocycles. The second-order valence-corrected chi connectivity index (χ2v) is 4.53. The van der Waals surface area contributed by atoms with Crippen LogP contribution in [-0.2, 0) is 0 Å². The van der Waals surface area contributed by atoms with Gasteiger partial charge >= 0.3 is 6.09 Å². The third kappa shape index (κ3) is 2.18. The van der Waals surface area contributed by atoms with E-state index in [4.69, 9.17) is 5.11 Å². The zero-order chi connectivity index (χ0) is 10.1. The summed E-state index contributed by atoms with van der Waals surface area (Å²) >= 11 is 0. The van der Waals surface area contributed by atoms with Crippen molar-refractivity contribution in [2.45, 2.75) is 25.8 Å². The molecule has 2 rings (SSSR count). The molecule has 14 heavy (non-hydrogen) atoms. The van der Waals surface area contributed by atoms with Crippen molar-refractivity contribution in [2.75, 3.05) is 26.2 Å². The first kappa shape index (κ1) is 9.77. The van der Waals surface area contributed by atoms with Crippen molar-refractivity contribution in [1.29, 1.82) is 0 Å². The lowest BCUT2D eigenvalue weighted by Gasteiger charge is -2.38. The average Bonchev–Trinajstić information content (AvgIpc) is 2.87. The van der Waals surface area contributed by atoms with E-state index in [-0.39, 0.29) is 6.04 Å². The standard InChI is InChI=1S/C10H18N2O2/c1-8-6-11(7-9-2-3-9)4-5-12(8)10(13)14/h8-9H,2-7H2,1H3,(H,13,14)/t8-/m1/s1. The monoisotopic (exact) mass is 198 g/mol. The third-order valence-corrected chi connectivity index (χ3v) is 3.17. The Bertz CT molecular complexity index is 228. The van der Waals surface area contributed by atoms with Crippen LogP contribution in [0.15, 0.2) is 0 Å². The molecule has 4 heteroatoms. The van der Waals surface area contributed by atoms with Crippen LogP contribution in [0.3, 0.4) is 0 Å². The highest BCUT2D eigenvalue weighted by molar-refractivity contribution is 5.65. The smallest absolute Gasteiger partial charge is 0.407 e. The van der Waals surface area contributed by atoms with Gasteiger partial charge in [0, 0.05) is 32.2 Å². The maximum absolute atomic E-state index is 10.8. The number of hydrogen-bond donors (Lipinski definition) is 1. The van der Waals surface area contributed by atoms with E-state index in [9.17, 15) is 4.79 Å². The van der Waals surface area contributed by atoms with Crippen LogP contribution < -0.4 is 0 Å². The van der Waals surface area contributed by atoms with Crippen LogP contribution in [-0.4, -0.2) is 53.2 Å². The van der Waals surface area contributed by atoms with Crippen LogP contribution in [0.1, 0.15) is 19.8 Å². The molecule has 2 aliphatic rings. The van der Waals surface area contributed by atoms with Gasteiger partial charge in [-0.1, -0.05) is 0 Å². The summed E-state index contributed by atoms with van der Waals surface area (Å²) in [5.41, 5.74) is 0. The molecule has 1 saturated heterocycles. The van der Waals surface area contributed by atoms with E-state index in [1.165, 1.54) is 19.4 Å². The minimum atomic E-state index is -0.774. The van der Waals surface area contributed by atoms with Crippen molar-refractivity contribution in [3.63, 3.8) is 0 Å². The number of piperazine rings is 1. The number of carboxylic acid groups (broad SMARTS) is 1. The van der Waals surface area contributed by atoms with Gasteiger partial charge in [-0.2, -0.15) is 0 Å². The summed E-state index contributed by atoms with van der Waals surface area (Å²) in [5.74, 6) is 0.901. The Morgan fingerprint density at radius 1 is 1.43 bits per heavy atom. The molecule has 0 radical (unpaired) electrons. The maximum Gasteiger partial charge on any atom is 0.407 e. The van der Waals surface area contributed by atoms with Crippen LogP contribution in [0.2, 0.25) is 0 Å². The van der Waals surface area contributed by atoms with Crippen molar-refractivity contribution in [1.82, 2.24) is 9.80 Å². The Morgan fingerprint density at radius 2 is 2.14 bits per heavy atom. The second-order valence-electron chi connectivity index (χ2n) is 4.53. The molecule has 80 valence electrons. The molecular weight excluding hydrogens is 180 g/mol. The minimum Gasteiger partial charge on any atom is -0.465 e. The van der Waals surface area contributed by atoms with Crippen molar-refractivity contribution in [2.24, 2.45) is 5.92 Å². The van der Waals surface area contributed by atoms with Crippen LogP contribution in [0.25, 0.3) is 0 Å². The van der Waals surface area contributed by atoms with Crippen molar-refractivity contribution in [3.8, 4) is 0 Å². The Labute approximate surface area is 84.5 Å². The first-order valence-electron chi connectivity index (χ1n) is 5.38. The fourth-order valence-corrected chi connectivity index (χ4v) is 2.15. The number of rotatable bonds is 2. The number of nitrogens with zero attached hydrogens (tertiary/aromatic N) is 2. The summed E-state index contributed by atoms with van der Waals surface area (Å²) in [6.07, 6.45) is 1.96. The van der Waals surface area contributed by atoms with Gasteiger partial charge in [-0.3, -0.25) is 4.90 Å². The zero-order valence-electron chi connectivity index (χ0n) is 8.65. The topological polar surface area (TPSA) is 43.8 Å². The van der Waals surface area contributed by atoms with Crippen LogP contribution in [0.5, 0.6) is 0 Å². The molecule has 0 aromatic heterocycles. The molecule has 0 spiro atoms. The SMILES string of the molecule is C[C@@H]1CN(CC2CC2)CCN1C(=O)O. The van der Waals surface area contributed by atoms with Gasteiger partial charge in [0.15, 0.2) is 0 Å². The van der Waals surface area contributed by atoms with Crippen molar-refractivity contribution >= 4 is 6.09 Å².